The van der Waals surface area contributed by atoms with Crippen molar-refractivity contribution in [2.24, 2.45) is 0 Å². The van der Waals surface area contributed by atoms with Crippen molar-refractivity contribution >= 4 is 33.3 Å². The molecule has 6 nitrogen and oxygen atoms in total. The van der Waals surface area contributed by atoms with E-state index >= 15 is 0 Å². The largest absolute Gasteiger partial charge is 0.484 e. The number of benzene rings is 1. The minimum absolute atomic E-state index is 0.154. The van der Waals surface area contributed by atoms with Gasteiger partial charge in [0.1, 0.15) is 11.3 Å². The SMILES string of the molecule is Cc1nc(NC(=O)COc2ccc3c(C)cc(=O)oc3c2)sc1C. The number of rotatable bonds is 4. The van der Waals surface area contributed by atoms with Crippen LogP contribution in [0.3, 0.4) is 0 Å². The van der Waals surface area contributed by atoms with E-state index in [9.17, 15) is 9.59 Å². The number of ether oxygens (including phenoxy) is 1. The number of amides is 1. The van der Waals surface area contributed by atoms with Crippen molar-refractivity contribution in [1.29, 1.82) is 0 Å². The molecule has 0 aliphatic rings. The van der Waals surface area contributed by atoms with Crippen molar-refractivity contribution in [3.05, 3.63) is 50.8 Å². The Kier molecular flexibility index (Phi) is 4.35. The first-order valence-electron chi connectivity index (χ1n) is 7.33. The molecule has 1 aromatic carbocycles. The minimum Gasteiger partial charge on any atom is -0.484 e. The van der Waals surface area contributed by atoms with E-state index in [1.807, 2.05) is 20.8 Å². The first-order valence-corrected chi connectivity index (χ1v) is 8.15. The third-order valence-corrected chi connectivity index (χ3v) is 4.56. The molecule has 3 aromatic rings. The summed E-state index contributed by atoms with van der Waals surface area (Å²) in [5.74, 6) is 0.160. The number of hydrogen-bond acceptors (Lipinski definition) is 6. The lowest BCUT2D eigenvalue weighted by atomic mass is 10.1. The quantitative estimate of drug-likeness (QED) is 0.735. The average Bonchev–Trinajstić information content (AvgIpc) is 2.82. The second kappa shape index (κ2) is 6.45. The van der Waals surface area contributed by atoms with Crippen molar-refractivity contribution in [1.82, 2.24) is 4.98 Å². The van der Waals surface area contributed by atoms with Crippen molar-refractivity contribution in [3.63, 3.8) is 0 Å². The Morgan fingerprint density at radius 3 is 2.79 bits per heavy atom. The molecule has 0 atom stereocenters. The summed E-state index contributed by atoms with van der Waals surface area (Å²) in [6.45, 7) is 5.53. The van der Waals surface area contributed by atoms with Gasteiger partial charge in [0.15, 0.2) is 11.7 Å². The van der Waals surface area contributed by atoms with Gasteiger partial charge in [-0.2, -0.15) is 0 Å². The summed E-state index contributed by atoms with van der Waals surface area (Å²) < 4.78 is 10.6. The van der Waals surface area contributed by atoms with Gasteiger partial charge < -0.3 is 9.15 Å². The topological polar surface area (TPSA) is 81.4 Å². The number of aryl methyl sites for hydroxylation is 3. The van der Waals surface area contributed by atoms with Crippen LogP contribution in [0.4, 0.5) is 5.13 Å². The number of nitrogens with zero attached hydrogens (tertiary/aromatic N) is 1. The predicted octanol–water partition coefficient (Wildman–Crippen LogP) is 3.19. The van der Waals surface area contributed by atoms with Crippen LogP contribution in [0.5, 0.6) is 5.75 Å². The summed E-state index contributed by atoms with van der Waals surface area (Å²) in [6.07, 6.45) is 0. The second-order valence-corrected chi connectivity index (χ2v) is 6.61. The molecule has 1 N–H and O–H groups in total. The van der Waals surface area contributed by atoms with E-state index in [0.717, 1.165) is 21.5 Å². The van der Waals surface area contributed by atoms with Gasteiger partial charge in [-0.1, -0.05) is 0 Å². The van der Waals surface area contributed by atoms with Crippen LogP contribution in [0.2, 0.25) is 0 Å². The Morgan fingerprint density at radius 2 is 2.08 bits per heavy atom. The lowest BCUT2D eigenvalue weighted by Crippen LogP contribution is -2.20. The molecule has 0 saturated heterocycles. The maximum absolute atomic E-state index is 11.9. The van der Waals surface area contributed by atoms with Crippen LogP contribution in [0.15, 0.2) is 33.5 Å². The molecule has 0 radical (unpaired) electrons. The van der Waals surface area contributed by atoms with E-state index in [-0.39, 0.29) is 12.5 Å². The normalized spacial score (nSPS) is 10.8. The molecule has 0 aliphatic heterocycles. The molecule has 0 fully saturated rings. The lowest BCUT2D eigenvalue weighted by Gasteiger charge is -2.07. The number of nitrogens with one attached hydrogen (secondary N) is 1. The minimum atomic E-state index is -0.413. The number of anilines is 1. The standard InChI is InChI=1S/C17H16N2O4S/c1-9-6-16(21)23-14-7-12(4-5-13(9)14)22-8-15(20)19-17-18-10(2)11(3)24-17/h4-7H,8H2,1-3H3,(H,18,19,20). The summed E-state index contributed by atoms with van der Waals surface area (Å²) in [4.78, 5) is 28.7. The van der Waals surface area contributed by atoms with Gasteiger partial charge >= 0.3 is 5.63 Å². The highest BCUT2D eigenvalue weighted by Crippen LogP contribution is 2.23. The molecule has 0 unspecified atom stereocenters. The van der Waals surface area contributed by atoms with Crippen molar-refractivity contribution < 1.29 is 13.9 Å². The average molecular weight is 344 g/mol. The van der Waals surface area contributed by atoms with Gasteiger partial charge in [-0.3, -0.25) is 10.1 Å². The maximum Gasteiger partial charge on any atom is 0.336 e. The molecule has 24 heavy (non-hydrogen) atoms. The predicted molar refractivity (Wildman–Crippen MR) is 92.9 cm³/mol. The molecule has 0 saturated carbocycles. The van der Waals surface area contributed by atoms with Gasteiger partial charge in [0.05, 0.1) is 5.69 Å². The number of aromatic nitrogens is 1. The number of carbonyl (C=O) groups is 1. The van der Waals surface area contributed by atoms with E-state index in [4.69, 9.17) is 9.15 Å². The van der Waals surface area contributed by atoms with E-state index in [1.54, 1.807) is 18.2 Å². The maximum atomic E-state index is 11.9. The molecule has 3 rings (SSSR count). The fourth-order valence-corrected chi connectivity index (χ4v) is 3.06. The molecule has 0 spiro atoms. The number of hydrogen-bond donors (Lipinski definition) is 1. The van der Waals surface area contributed by atoms with Crippen LogP contribution < -0.4 is 15.7 Å². The zero-order valence-electron chi connectivity index (χ0n) is 13.5. The van der Waals surface area contributed by atoms with Gasteiger partial charge in [0.25, 0.3) is 5.91 Å². The molecule has 1 amide bonds. The monoisotopic (exact) mass is 344 g/mol. The third-order valence-electron chi connectivity index (χ3n) is 3.57. The summed E-state index contributed by atoms with van der Waals surface area (Å²) in [6, 6.07) is 6.58. The first-order chi connectivity index (χ1) is 11.4. The molecule has 2 heterocycles. The molecular weight excluding hydrogens is 328 g/mol. The Bertz CT molecular complexity index is 955. The van der Waals surface area contributed by atoms with Crippen LogP contribution in [0.1, 0.15) is 16.1 Å². The molecular formula is C17H16N2O4S. The fourth-order valence-electron chi connectivity index (χ4n) is 2.23. The first kappa shape index (κ1) is 16.2. The zero-order valence-corrected chi connectivity index (χ0v) is 14.3. The highest BCUT2D eigenvalue weighted by atomic mass is 32.1. The van der Waals surface area contributed by atoms with E-state index < -0.39 is 5.63 Å². The number of fused-ring (bicyclic) bond motifs is 1. The third kappa shape index (κ3) is 3.46. The van der Waals surface area contributed by atoms with Crippen LogP contribution in [0.25, 0.3) is 11.0 Å². The Labute approximate surface area is 142 Å². The molecule has 2 aromatic heterocycles. The summed E-state index contributed by atoms with van der Waals surface area (Å²) in [7, 11) is 0. The molecule has 7 heteroatoms. The van der Waals surface area contributed by atoms with E-state index in [1.165, 1.54) is 17.4 Å². The zero-order chi connectivity index (χ0) is 17.3. The summed E-state index contributed by atoms with van der Waals surface area (Å²) in [5, 5.41) is 4.09. The van der Waals surface area contributed by atoms with E-state index in [2.05, 4.69) is 10.3 Å². The van der Waals surface area contributed by atoms with Crippen molar-refractivity contribution in [2.75, 3.05) is 11.9 Å². The van der Waals surface area contributed by atoms with Crippen molar-refractivity contribution in [2.45, 2.75) is 20.8 Å². The molecule has 124 valence electrons. The highest BCUT2D eigenvalue weighted by molar-refractivity contribution is 7.15. The second-order valence-electron chi connectivity index (χ2n) is 5.40. The smallest absolute Gasteiger partial charge is 0.336 e. The molecule has 0 bridgehead atoms. The lowest BCUT2D eigenvalue weighted by molar-refractivity contribution is -0.118. The number of carbonyl (C=O) groups excluding carboxylic acids is 1. The van der Waals surface area contributed by atoms with Gasteiger partial charge in [0.2, 0.25) is 0 Å². The summed E-state index contributed by atoms with van der Waals surface area (Å²) in [5.41, 5.74) is 1.75. The Morgan fingerprint density at radius 1 is 1.29 bits per heavy atom. The summed E-state index contributed by atoms with van der Waals surface area (Å²) >= 11 is 1.42. The Hall–Kier alpha value is -2.67. The van der Waals surface area contributed by atoms with Gasteiger partial charge in [-0.15, -0.1) is 11.3 Å². The van der Waals surface area contributed by atoms with Crippen LogP contribution in [0, 0.1) is 20.8 Å². The van der Waals surface area contributed by atoms with Gasteiger partial charge in [-0.25, -0.2) is 9.78 Å². The van der Waals surface area contributed by atoms with Crippen molar-refractivity contribution in [3.8, 4) is 5.75 Å². The van der Waals surface area contributed by atoms with E-state index in [0.29, 0.717) is 16.5 Å². The van der Waals surface area contributed by atoms with Gasteiger partial charge in [0, 0.05) is 22.4 Å². The fraction of sp³-hybridized carbons (Fsp3) is 0.235. The number of thiazole rings is 1. The van der Waals surface area contributed by atoms with Crippen LogP contribution >= 0.6 is 11.3 Å². The van der Waals surface area contributed by atoms with Gasteiger partial charge in [-0.05, 0) is 38.5 Å². The van der Waals surface area contributed by atoms with Crippen LogP contribution in [-0.4, -0.2) is 17.5 Å². The highest BCUT2D eigenvalue weighted by Gasteiger charge is 2.09. The Balaban J connectivity index is 1.68. The molecule has 0 aliphatic carbocycles. The van der Waals surface area contributed by atoms with Crippen LogP contribution in [-0.2, 0) is 4.79 Å².